The normalized spacial score (nSPS) is 11.0. The van der Waals surface area contributed by atoms with Gasteiger partial charge in [-0.15, -0.1) is 0 Å². The summed E-state index contributed by atoms with van der Waals surface area (Å²) in [6, 6.07) is 180. The molecule has 0 amide bonds. The van der Waals surface area contributed by atoms with Gasteiger partial charge in [-0.3, -0.25) is 0 Å². The van der Waals surface area contributed by atoms with Crippen LogP contribution in [0.2, 0.25) is 0 Å². The first-order chi connectivity index (χ1) is 74.4. The maximum atomic E-state index is 8.70. The molecule has 0 saturated heterocycles. The Hall–Kier alpha value is -17.7. The van der Waals surface area contributed by atoms with Crippen LogP contribution in [0.5, 0.6) is 0 Å². The minimum Gasteiger partial charge on any atom is -0.310 e. The molecule has 0 fully saturated rings. The summed E-state index contributed by atoms with van der Waals surface area (Å²) in [4.78, 5) is 13.6. The predicted molar refractivity (Wildman–Crippen MR) is 661 cm³/mol. The Bertz CT molecular complexity index is 8240. The predicted octanol–water partition coefficient (Wildman–Crippen LogP) is 43.8. The summed E-state index contributed by atoms with van der Waals surface area (Å²) in [5, 5.41) is 2.18. The van der Waals surface area contributed by atoms with Crippen molar-refractivity contribution in [2.24, 2.45) is 0 Å². The van der Waals surface area contributed by atoms with E-state index in [4.69, 9.17) is 6.85 Å². The number of para-hydroxylation sites is 3. The van der Waals surface area contributed by atoms with Gasteiger partial charge in [0.1, 0.15) is 0 Å². The molecule has 22 aromatic rings. The Morgan fingerprint density at radius 1 is 0.153 bits per heavy atom. The highest BCUT2D eigenvalue weighted by Gasteiger charge is 2.25. The minimum absolute atomic E-state index is 0. The number of halogens is 3. The first-order valence-electron chi connectivity index (χ1n) is 51.1. The van der Waals surface area contributed by atoms with E-state index in [1.807, 2.05) is 103 Å². The van der Waals surface area contributed by atoms with Gasteiger partial charge in [0.15, 0.2) is 0 Å². The summed E-state index contributed by atoms with van der Waals surface area (Å²) < 4.78 is 45.0. The van der Waals surface area contributed by atoms with E-state index in [1.165, 1.54) is 22.3 Å². The van der Waals surface area contributed by atoms with E-state index in [2.05, 4.69) is 540 Å². The number of hydrogen-bond donors (Lipinski definition) is 0. The molecule has 0 N–H and O–H groups in total. The topological polar surface area (TPSA) is 19.4 Å². The van der Waals surface area contributed by atoms with E-state index in [0.717, 1.165) is 182 Å². The van der Waals surface area contributed by atoms with Gasteiger partial charge in [-0.2, -0.15) is 0 Å². The Morgan fingerprint density at radius 2 is 0.347 bits per heavy atom. The zero-order valence-corrected chi connectivity index (χ0v) is 85.4. The molecule has 0 unspecified atom stereocenters. The molecule has 0 spiro atoms. The third-order valence-electron chi connectivity index (χ3n) is 25.8. The molecule has 0 bridgehead atoms. The van der Waals surface area contributed by atoms with Crippen LogP contribution >= 0.6 is 47.8 Å². The molecule has 6 nitrogen and oxygen atoms in total. The van der Waals surface area contributed by atoms with Crippen molar-refractivity contribution in [1.82, 2.24) is 0 Å². The molecule has 0 heterocycles. The monoisotopic (exact) mass is 2130 g/mol. The molecule has 0 atom stereocenters. The maximum Gasteiger partial charge on any atom is 0.0629 e. The molecule has 0 radical (unpaired) electrons. The lowest BCUT2D eigenvalue weighted by Crippen LogP contribution is -2.13. The van der Waals surface area contributed by atoms with Crippen LogP contribution in [0.1, 0.15) is 51.4 Å². The number of hydrogen-bond acceptors (Lipinski definition) is 6. The summed E-state index contributed by atoms with van der Waals surface area (Å²) in [7, 11) is 0. The van der Waals surface area contributed by atoms with Crippen molar-refractivity contribution in [2.75, 3.05) is 29.4 Å². The Morgan fingerprint density at radius 3 is 0.620 bits per heavy atom. The second-order valence-corrected chi connectivity index (χ2v) is 37.9. The molecule has 0 aromatic heterocycles. The van der Waals surface area contributed by atoms with Crippen LogP contribution in [0, 0.1) is 0 Å². The molecule has 0 aliphatic carbocycles. The van der Waals surface area contributed by atoms with Crippen LogP contribution in [-0.2, 0) is 0 Å². The number of rotatable bonds is 28. The molecule has 22 aromatic carbocycles. The van der Waals surface area contributed by atoms with Gasteiger partial charge in [-0.1, -0.05) is 472 Å². The quantitative estimate of drug-likeness (QED) is 0.0483. The lowest BCUT2D eigenvalue weighted by Gasteiger charge is -2.30. The minimum atomic E-state index is -0.415. The fourth-order valence-corrected chi connectivity index (χ4v) is 19.8. The largest absolute Gasteiger partial charge is 0.310 e. The summed E-state index contributed by atoms with van der Waals surface area (Å²) >= 11 is 11.6. The molecule has 730 valence electrons. The van der Waals surface area contributed by atoms with Crippen molar-refractivity contribution in [2.45, 2.75) is 22.3 Å². The Labute approximate surface area is 917 Å². The van der Waals surface area contributed by atoms with Crippen molar-refractivity contribution in [3.8, 4) is 66.8 Å². The van der Waals surface area contributed by atoms with E-state index in [-0.39, 0.29) is 52.0 Å². The molecule has 0 aliphatic heterocycles. The first-order valence-corrected chi connectivity index (χ1v) is 50.9. The van der Waals surface area contributed by atoms with Gasteiger partial charge in [0.05, 0.1) is 6.85 Å². The molecule has 0 saturated carbocycles. The highest BCUT2D eigenvalue weighted by atomic mass is 79.9. The van der Waals surface area contributed by atoms with E-state index >= 15 is 0 Å². The van der Waals surface area contributed by atoms with Crippen LogP contribution in [0.3, 0.4) is 0 Å². The smallest absolute Gasteiger partial charge is 0.0629 e. The van der Waals surface area contributed by atoms with Gasteiger partial charge >= 0.3 is 0 Å². The van der Waals surface area contributed by atoms with Crippen molar-refractivity contribution >= 4 is 185 Å². The zero-order valence-electron chi connectivity index (χ0n) is 85.6. The lowest BCUT2D eigenvalue weighted by atomic mass is 10.0. The van der Waals surface area contributed by atoms with Gasteiger partial charge in [0.2, 0.25) is 0 Å². The molecule has 22 rings (SSSR count). The van der Waals surface area contributed by atoms with Gasteiger partial charge < -0.3 is 29.4 Å². The highest BCUT2D eigenvalue weighted by Crippen LogP contribution is 2.50. The molecule has 9 heteroatoms. The van der Waals surface area contributed by atoms with Crippen LogP contribution in [0.25, 0.3) is 102 Å². The number of anilines is 18. The highest BCUT2D eigenvalue weighted by molar-refractivity contribution is 9.11. The first kappa shape index (κ1) is 97.1. The lowest BCUT2D eigenvalue weighted by molar-refractivity contribution is 1.24. The molecule has 0 aliphatic rings. The third-order valence-corrected chi connectivity index (χ3v) is 27.1. The zero-order chi connectivity index (χ0) is 105. The second-order valence-electron chi connectivity index (χ2n) is 35.2. The van der Waals surface area contributed by atoms with Gasteiger partial charge in [-0.25, -0.2) is 0 Å². The van der Waals surface area contributed by atoms with E-state index in [1.54, 1.807) is 6.07 Å². The van der Waals surface area contributed by atoms with Crippen molar-refractivity contribution in [1.29, 1.82) is 0 Å². The Kier molecular flexibility index (Phi) is 32.0. The second kappa shape index (κ2) is 49.5. The summed E-state index contributed by atoms with van der Waals surface area (Å²) in [5.74, 6) is 0. The Balaban J connectivity index is 0.000000160. The van der Waals surface area contributed by atoms with E-state index in [0.29, 0.717) is 5.56 Å². The van der Waals surface area contributed by atoms with Crippen molar-refractivity contribution in [3.05, 3.63) is 614 Å². The standard InChI is InChI=1S/C58H43BrN2.C46H33BrN2.C34H27BrN2.3CH4/c1-3-42-15-19-46(20-16-42)50-27-35-55(36-28-50)60(53-31-23-48(24-32-53)44-11-7-5-8-12-44)57-39-52(59)40-58(41-57)61(54-33-25-49(26-34-54)45-13-9-6-10-14-45)56-37-29-51(30-38-56)47-21-17-43(4-2)18-22-47;47-40-31-45(48(41-20-8-3-9-21-41)42-26-23-37(24-27-42)34-13-4-1-5-14-34)33-46(32-40)49(44-28-25-36-17-10-11-18-38(36)30-44)43-22-12-19-39(29-43)35-15-6-2-7-16-35;1-3-26-15-19-31(20-16-26)36(29-11-7-5-8-12-29)33-23-28(35)24-34(25-33)37(30-13-9-6-10-14-30)32-21-17-27(4-2)18-22-32;;;/h3-41H,1-2H2;1-33H;3-25H,1-2H2;3*1H4/i;2D,6D,7D,15D,16D;;;;. The summed E-state index contributed by atoms with van der Waals surface area (Å²) in [6.45, 7) is 15.6. The van der Waals surface area contributed by atoms with Gasteiger partial charge in [-0.05, 0) is 300 Å². The fourth-order valence-electron chi connectivity index (χ4n) is 18.4. The fraction of sp³-hybridized carbons (Fsp3) is 0.0213. The number of benzene rings is 22. The van der Waals surface area contributed by atoms with Crippen molar-refractivity contribution in [3.63, 3.8) is 0 Å². The SMILES string of the molecule is C.C.C.C=Cc1ccc(-c2ccc(N(c3ccc(-c4ccccc4)cc3)c3cc(Br)cc(N(c4ccc(-c5ccccc5)cc4)c4ccc(-c5ccc(C=C)cc5)cc4)c3)cc2)cc1.C=Cc1ccc(N(c2ccccc2)c2cc(Br)cc(N(c3ccccc3)c3ccc(C=C)cc3)c2)cc1.[2H]c1c([2H])c([2H])c(-c2cccc(N(c3cc(Br)cc(N(c4ccccc4)c4ccc(-c5ccccc5)cc4)c3)c3ccc4ccccc4c3)c2)c([2H])c1[2H]. The van der Waals surface area contributed by atoms with Crippen LogP contribution in [0.15, 0.2) is 592 Å². The average molecular weight is 2140 g/mol. The van der Waals surface area contributed by atoms with Crippen LogP contribution < -0.4 is 29.4 Å². The summed E-state index contributed by atoms with van der Waals surface area (Å²) in [5.41, 5.74) is 34.7. The molecule has 150 heavy (non-hydrogen) atoms. The van der Waals surface area contributed by atoms with Crippen LogP contribution in [-0.4, -0.2) is 0 Å². The van der Waals surface area contributed by atoms with Crippen LogP contribution in [0.4, 0.5) is 102 Å². The molecular formula is C141H115Br3N6. The van der Waals surface area contributed by atoms with Gasteiger partial charge in [0.25, 0.3) is 0 Å². The maximum absolute atomic E-state index is 8.70. The van der Waals surface area contributed by atoms with Gasteiger partial charge in [0, 0.05) is 116 Å². The number of fused-ring (bicyclic) bond motifs is 1. The number of nitrogens with zero attached hydrogens (tertiary/aromatic N) is 6. The van der Waals surface area contributed by atoms with Crippen molar-refractivity contribution < 1.29 is 6.85 Å². The third kappa shape index (κ3) is 24.5. The van der Waals surface area contributed by atoms with E-state index in [9.17, 15) is 0 Å². The summed E-state index contributed by atoms with van der Waals surface area (Å²) in [6.07, 6.45) is 7.48. The van der Waals surface area contributed by atoms with E-state index < -0.39 is 6.04 Å². The molecular weight excluding hydrogens is 2020 g/mol. The average Bonchev–Trinajstić information content (AvgIpc) is 0.818.